The van der Waals surface area contributed by atoms with Gasteiger partial charge in [0.1, 0.15) is 0 Å². The molecular weight excluding hydrogens is 268 g/mol. The highest BCUT2D eigenvalue weighted by Crippen LogP contribution is 2.34. The fraction of sp³-hybridized carbons (Fsp3) is 0.850. The van der Waals surface area contributed by atoms with E-state index < -0.39 is 0 Å². The van der Waals surface area contributed by atoms with Crippen LogP contribution >= 0.6 is 0 Å². The van der Waals surface area contributed by atoms with Crippen molar-refractivity contribution in [3.05, 3.63) is 11.3 Å². The van der Waals surface area contributed by atoms with E-state index in [1.165, 1.54) is 43.5 Å². The van der Waals surface area contributed by atoms with Crippen LogP contribution in [0.5, 0.6) is 0 Å². The number of hydrazone groups is 1. The molecule has 22 heavy (non-hydrogen) atoms. The number of nitrogens with zero attached hydrogens (tertiary/aromatic N) is 1. The molecule has 1 fully saturated rings. The van der Waals surface area contributed by atoms with Gasteiger partial charge in [0.25, 0.3) is 0 Å². The fourth-order valence-corrected chi connectivity index (χ4v) is 3.01. The van der Waals surface area contributed by atoms with E-state index in [-0.39, 0.29) is 0 Å². The largest absolute Gasteiger partial charge is 0.283 e. The lowest BCUT2D eigenvalue weighted by Crippen LogP contribution is -2.28. The first-order valence-corrected chi connectivity index (χ1v) is 9.74. The first-order valence-electron chi connectivity index (χ1n) is 9.74. The highest BCUT2D eigenvalue weighted by Gasteiger charge is 2.26. The van der Waals surface area contributed by atoms with Gasteiger partial charge >= 0.3 is 0 Å². The number of rotatable bonds is 1. The Balaban J connectivity index is 0. The molecule has 132 valence electrons. The monoisotopic (exact) mass is 310 g/mol. The third-order valence-electron chi connectivity index (χ3n) is 4.13. The molecule has 0 saturated heterocycles. The average Bonchev–Trinajstić information content (AvgIpc) is 2.58. The molecule has 0 aromatic carbocycles. The molecule has 2 unspecified atom stereocenters. The van der Waals surface area contributed by atoms with Crippen LogP contribution < -0.4 is 5.43 Å². The number of fused-ring (bicyclic) bond motifs is 1. The molecule has 0 aromatic rings. The summed E-state index contributed by atoms with van der Waals surface area (Å²) in [4.78, 5) is 0. The normalized spacial score (nSPS) is 23.4. The van der Waals surface area contributed by atoms with E-state index >= 15 is 0 Å². The summed E-state index contributed by atoms with van der Waals surface area (Å²) in [6.07, 6.45) is 7.77. The highest BCUT2D eigenvalue weighted by atomic mass is 15.3. The van der Waals surface area contributed by atoms with Gasteiger partial charge in [-0.25, -0.2) is 0 Å². The fourth-order valence-electron chi connectivity index (χ4n) is 3.01. The van der Waals surface area contributed by atoms with Crippen LogP contribution in [0.1, 0.15) is 101 Å². The summed E-state index contributed by atoms with van der Waals surface area (Å²) in [5.74, 6) is 1.55. The van der Waals surface area contributed by atoms with Crippen LogP contribution in [0.2, 0.25) is 0 Å². The van der Waals surface area contributed by atoms with Crippen LogP contribution in [0.15, 0.2) is 16.4 Å². The SMILES string of the molecule is CC.CC.CC.CCC1=NNC(C)=C2CCC(C)CCCC12. The summed E-state index contributed by atoms with van der Waals surface area (Å²) in [6.45, 7) is 18.8. The Morgan fingerprint density at radius 3 is 2.14 bits per heavy atom. The summed E-state index contributed by atoms with van der Waals surface area (Å²) < 4.78 is 0. The molecule has 2 heteroatoms. The number of hydrogen-bond donors (Lipinski definition) is 1. The zero-order valence-corrected chi connectivity index (χ0v) is 16.8. The number of allylic oxidation sites excluding steroid dienone is 2. The van der Waals surface area contributed by atoms with Crippen molar-refractivity contribution in [1.29, 1.82) is 0 Å². The Labute approximate surface area is 140 Å². The quantitative estimate of drug-likeness (QED) is 0.558. The third-order valence-corrected chi connectivity index (χ3v) is 4.13. The van der Waals surface area contributed by atoms with Gasteiger partial charge in [-0.3, -0.25) is 5.43 Å². The van der Waals surface area contributed by atoms with Crippen molar-refractivity contribution in [3.63, 3.8) is 0 Å². The molecule has 0 amide bonds. The van der Waals surface area contributed by atoms with E-state index in [9.17, 15) is 0 Å². The summed E-state index contributed by atoms with van der Waals surface area (Å²) in [5.41, 5.74) is 7.54. The standard InChI is InChI=1S/C14H24N2.3C2H6/c1-4-14-13-7-5-6-10(2)8-9-12(13)11(3)15-16-14;3*1-2/h10,13,15H,4-9H2,1-3H3;3*1-2H3. The molecule has 0 bridgehead atoms. The van der Waals surface area contributed by atoms with Crippen LogP contribution in [0.4, 0.5) is 0 Å². The van der Waals surface area contributed by atoms with E-state index in [4.69, 9.17) is 0 Å². The van der Waals surface area contributed by atoms with Gasteiger partial charge < -0.3 is 0 Å². The zero-order valence-electron chi connectivity index (χ0n) is 16.8. The van der Waals surface area contributed by atoms with Gasteiger partial charge in [-0.05, 0) is 44.1 Å². The Hall–Kier alpha value is -0.790. The summed E-state index contributed by atoms with van der Waals surface area (Å²) >= 11 is 0. The minimum Gasteiger partial charge on any atom is -0.283 e. The second-order valence-corrected chi connectivity index (χ2v) is 5.35. The van der Waals surface area contributed by atoms with Gasteiger partial charge in [0.05, 0.1) is 0 Å². The third kappa shape index (κ3) is 7.47. The van der Waals surface area contributed by atoms with Gasteiger partial charge in [-0.1, -0.05) is 68.2 Å². The van der Waals surface area contributed by atoms with E-state index in [0.717, 1.165) is 12.3 Å². The van der Waals surface area contributed by atoms with E-state index in [2.05, 4.69) is 31.3 Å². The van der Waals surface area contributed by atoms with Crippen molar-refractivity contribution < 1.29 is 0 Å². The van der Waals surface area contributed by atoms with Gasteiger partial charge in [-0.15, -0.1) is 0 Å². The number of nitrogens with one attached hydrogen (secondary N) is 1. The lowest BCUT2D eigenvalue weighted by atomic mass is 9.79. The molecule has 1 saturated carbocycles. The maximum absolute atomic E-state index is 4.51. The average molecular weight is 311 g/mol. The molecule has 2 aliphatic rings. The van der Waals surface area contributed by atoms with Crippen molar-refractivity contribution in [1.82, 2.24) is 5.43 Å². The molecule has 0 radical (unpaired) electrons. The molecule has 0 aromatic heterocycles. The van der Waals surface area contributed by atoms with Crippen molar-refractivity contribution in [3.8, 4) is 0 Å². The molecule has 2 atom stereocenters. The molecule has 1 aliphatic heterocycles. The smallest absolute Gasteiger partial charge is 0.0451 e. The van der Waals surface area contributed by atoms with Crippen molar-refractivity contribution in [2.45, 2.75) is 101 Å². The van der Waals surface area contributed by atoms with E-state index in [1.54, 1.807) is 5.57 Å². The first kappa shape index (κ1) is 23.5. The molecule has 1 heterocycles. The maximum Gasteiger partial charge on any atom is 0.0451 e. The summed E-state index contributed by atoms with van der Waals surface area (Å²) in [6, 6.07) is 0. The highest BCUT2D eigenvalue weighted by molar-refractivity contribution is 5.89. The lowest BCUT2D eigenvalue weighted by Gasteiger charge is -2.31. The topological polar surface area (TPSA) is 24.4 Å². The maximum atomic E-state index is 4.51. The Morgan fingerprint density at radius 2 is 1.59 bits per heavy atom. The van der Waals surface area contributed by atoms with E-state index in [0.29, 0.717) is 5.92 Å². The van der Waals surface area contributed by atoms with Crippen LogP contribution in [-0.4, -0.2) is 5.71 Å². The predicted octanol–water partition coefficient (Wildman–Crippen LogP) is 6.92. The zero-order chi connectivity index (χ0) is 17.5. The lowest BCUT2D eigenvalue weighted by molar-refractivity contribution is 0.414. The van der Waals surface area contributed by atoms with Gasteiger partial charge in [0.15, 0.2) is 0 Å². The van der Waals surface area contributed by atoms with Gasteiger partial charge in [0.2, 0.25) is 0 Å². The Kier molecular flexibility index (Phi) is 16.1. The van der Waals surface area contributed by atoms with Gasteiger partial charge in [-0.2, -0.15) is 5.10 Å². The molecule has 2 nitrogen and oxygen atoms in total. The molecule has 0 spiro atoms. The molecule has 1 aliphatic carbocycles. The molecule has 2 rings (SSSR count). The van der Waals surface area contributed by atoms with Crippen molar-refractivity contribution >= 4 is 5.71 Å². The van der Waals surface area contributed by atoms with Gasteiger partial charge in [0, 0.05) is 17.3 Å². The minimum atomic E-state index is 0.652. The second kappa shape index (κ2) is 15.1. The molecule has 1 N–H and O–H groups in total. The summed E-state index contributed by atoms with van der Waals surface area (Å²) in [5, 5.41) is 4.51. The van der Waals surface area contributed by atoms with E-state index in [1.807, 2.05) is 41.5 Å². The number of hydrogen-bond acceptors (Lipinski definition) is 2. The minimum absolute atomic E-state index is 0.652. The Bertz CT molecular complexity index is 316. The van der Waals surface area contributed by atoms with Crippen LogP contribution in [-0.2, 0) is 0 Å². The molecular formula is C20H42N2. The second-order valence-electron chi connectivity index (χ2n) is 5.35. The predicted molar refractivity (Wildman–Crippen MR) is 103 cm³/mol. The van der Waals surface area contributed by atoms with Crippen molar-refractivity contribution in [2.75, 3.05) is 0 Å². The van der Waals surface area contributed by atoms with Crippen molar-refractivity contribution in [2.24, 2.45) is 16.9 Å². The summed E-state index contributed by atoms with van der Waals surface area (Å²) in [7, 11) is 0. The van der Waals surface area contributed by atoms with Crippen LogP contribution in [0, 0.1) is 11.8 Å². The first-order chi connectivity index (χ1) is 10.7. The Morgan fingerprint density at radius 1 is 1.00 bits per heavy atom. The van der Waals surface area contributed by atoms with Crippen LogP contribution in [0.25, 0.3) is 0 Å². The van der Waals surface area contributed by atoms with Crippen LogP contribution in [0.3, 0.4) is 0 Å².